The number of hydrogen-bond donors (Lipinski definition) is 1. The maximum Gasteiger partial charge on any atom is 0.220 e. The summed E-state index contributed by atoms with van der Waals surface area (Å²) in [6.07, 6.45) is 0.494. The van der Waals surface area contributed by atoms with Gasteiger partial charge in [0.25, 0.3) is 0 Å². The normalized spacial score (nSPS) is 11.7. The Bertz CT molecular complexity index is 581. The fourth-order valence-corrected chi connectivity index (χ4v) is 2.23. The molecular weight excluding hydrogens is 262 g/mol. The Kier molecular flexibility index (Phi) is 5.38. The van der Waals surface area contributed by atoms with Crippen molar-refractivity contribution in [3.63, 3.8) is 0 Å². The molecule has 0 spiro atoms. The van der Waals surface area contributed by atoms with Crippen LogP contribution in [0.15, 0.2) is 54.6 Å². The van der Waals surface area contributed by atoms with Crippen molar-refractivity contribution in [2.45, 2.75) is 25.8 Å². The fourth-order valence-electron chi connectivity index (χ4n) is 2.23. The molecule has 0 aliphatic carbocycles. The van der Waals surface area contributed by atoms with Crippen LogP contribution >= 0.6 is 0 Å². The molecule has 0 saturated heterocycles. The molecule has 0 saturated carbocycles. The average Bonchev–Trinajstić information content (AvgIpc) is 2.54. The van der Waals surface area contributed by atoms with Crippen molar-refractivity contribution in [3.8, 4) is 5.75 Å². The van der Waals surface area contributed by atoms with E-state index in [1.54, 1.807) is 7.11 Å². The lowest BCUT2D eigenvalue weighted by Crippen LogP contribution is -2.24. The van der Waals surface area contributed by atoms with Crippen LogP contribution in [0.25, 0.3) is 0 Å². The van der Waals surface area contributed by atoms with Crippen molar-refractivity contribution in [1.82, 2.24) is 5.32 Å². The molecule has 110 valence electrons. The van der Waals surface area contributed by atoms with Crippen LogP contribution in [0.4, 0.5) is 0 Å². The van der Waals surface area contributed by atoms with E-state index in [0.717, 1.165) is 11.3 Å². The van der Waals surface area contributed by atoms with Gasteiger partial charge in [0, 0.05) is 13.0 Å². The molecular formula is C18H21NO2. The fraction of sp³-hybridized carbons (Fsp3) is 0.278. The Morgan fingerprint density at radius 1 is 1.14 bits per heavy atom. The number of methoxy groups -OCH3 is 1. The number of carbonyl (C=O) groups is 1. The second-order valence-electron chi connectivity index (χ2n) is 5.14. The SMILES string of the molecule is COc1cccc(CNC(=O)CC(C)c2ccccc2)c1. The van der Waals surface area contributed by atoms with Gasteiger partial charge in [0.15, 0.2) is 0 Å². The van der Waals surface area contributed by atoms with Gasteiger partial charge in [0.1, 0.15) is 5.75 Å². The van der Waals surface area contributed by atoms with Gasteiger partial charge < -0.3 is 10.1 Å². The van der Waals surface area contributed by atoms with Crippen molar-refractivity contribution in [3.05, 3.63) is 65.7 Å². The largest absolute Gasteiger partial charge is 0.497 e. The zero-order chi connectivity index (χ0) is 15.1. The minimum Gasteiger partial charge on any atom is -0.497 e. The lowest BCUT2D eigenvalue weighted by molar-refractivity contribution is -0.121. The molecule has 0 aliphatic rings. The minimum absolute atomic E-state index is 0.0640. The van der Waals surface area contributed by atoms with E-state index in [0.29, 0.717) is 13.0 Å². The molecule has 0 fully saturated rings. The van der Waals surface area contributed by atoms with Gasteiger partial charge in [-0.25, -0.2) is 0 Å². The van der Waals surface area contributed by atoms with Crippen molar-refractivity contribution >= 4 is 5.91 Å². The summed E-state index contributed by atoms with van der Waals surface area (Å²) >= 11 is 0. The van der Waals surface area contributed by atoms with E-state index in [1.165, 1.54) is 5.56 Å². The first kappa shape index (κ1) is 15.1. The van der Waals surface area contributed by atoms with Crippen molar-refractivity contribution in [2.24, 2.45) is 0 Å². The number of nitrogens with one attached hydrogen (secondary N) is 1. The lowest BCUT2D eigenvalue weighted by Gasteiger charge is -2.12. The summed E-state index contributed by atoms with van der Waals surface area (Å²) < 4.78 is 5.17. The zero-order valence-electron chi connectivity index (χ0n) is 12.5. The Morgan fingerprint density at radius 3 is 2.62 bits per heavy atom. The third kappa shape index (κ3) is 4.63. The topological polar surface area (TPSA) is 38.3 Å². The van der Waals surface area contributed by atoms with Gasteiger partial charge in [-0.2, -0.15) is 0 Å². The van der Waals surface area contributed by atoms with Gasteiger partial charge in [0.05, 0.1) is 7.11 Å². The number of rotatable bonds is 6. The first-order chi connectivity index (χ1) is 10.2. The predicted molar refractivity (Wildman–Crippen MR) is 84.3 cm³/mol. The number of ether oxygens (including phenoxy) is 1. The van der Waals surface area contributed by atoms with Gasteiger partial charge in [-0.1, -0.05) is 49.4 Å². The molecule has 0 bridgehead atoms. The van der Waals surface area contributed by atoms with Crippen LogP contribution in [0.5, 0.6) is 5.75 Å². The van der Waals surface area contributed by atoms with Crippen LogP contribution in [-0.4, -0.2) is 13.0 Å². The van der Waals surface area contributed by atoms with E-state index in [2.05, 4.69) is 24.4 Å². The second-order valence-corrected chi connectivity index (χ2v) is 5.14. The van der Waals surface area contributed by atoms with E-state index in [4.69, 9.17) is 4.74 Å². The number of amides is 1. The molecule has 0 radical (unpaired) electrons. The number of hydrogen-bond acceptors (Lipinski definition) is 2. The van der Waals surface area contributed by atoms with Crippen LogP contribution in [0.1, 0.15) is 30.4 Å². The smallest absolute Gasteiger partial charge is 0.220 e. The highest BCUT2D eigenvalue weighted by Crippen LogP contribution is 2.18. The summed E-state index contributed by atoms with van der Waals surface area (Å²) in [5.74, 6) is 1.09. The Morgan fingerprint density at radius 2 is 1.90 bits per heavy atom. The van der Waals surface area contributed by atoms with E-state index in [1.807, 2.05) is 42.5 Å². The maximum absolute atomic E-state index is 12.0. The van der Waals surface area contributed by atoms with E-state index >= 15 is 0 Å². The molecule has 1 N–H and O–H groups in total. The van der Waals surface area contributed by atoms with Gasteiger partial charge in [-0.3, -0.25) is 4.79 Å². The third-order valence-corrected chi connectivity index (χ3v) is 3.48. The monoisotopic (exact) mass is 283 g/mol. The number of benzene rings is 2. The van der Waals surface area contributed by atoms with E-state index in [9.17, 15) is 4.79 Å². The molecule has 2 rings (SSSR count). The molecule has 1 unspecified atom stereocenters. The van der Waals surface area contributed by atoms with Gasteiger partial charge in [0.2, 0.25) is 5.91 Å². The van der Waals surface area contributed by atoms with Crippen LogP contribution in [0, 0.1) is 0 Å². The molecule has 3 heteroatoms. The lowest BCUT2D eigenvalue weighted by atomic mass is 9.97. The Balaban J connectivity index is 1.84. The summed E-state index contributed by atoms with van der Waals surface area (Å²) in [6.45, 7) is 2.60. The minimum atomic E-state index is 0.0640. The Hall–Kier alpha value is -2.29. The molecule has 0 aliphatic heterocycles. The maximum atomic E-state index is 12.0. The molecule has 2 aromatic carbocycles. The molecule has 0 heterocycles. The third-order valence-electron chi connectivity index (χ3n) is 3.48. The van der Waals surface area contributed by atoms with Gasteiger partial charge >= 0.3 is 0 Å². The van der Waals surface area contributed by atoms with Crippen molar-refractivity contribution < 1.29 is 9.53 Å². The summed E-state index contributed by atoms with van der Waals surface area (Å²) in [4.78, 5) is 12.0. The van der Waals surface area contributed by atoms with Gasteiger partial charge in [-0.15, -0.1) is 0 Å². The molecule has 21 heavy (non-hydrogen) atoms. The molecule has 2 aromatic rings. The standard InChI is InChI=1S/C18H21NO2/c1-14(16-8-4-3-5-9-16)11-18(20)19-13-15-7-6-10-17(12-15)21-2/h3-10,12,14H,11,13H2,1-2H3,(H,19,20). The molecule has 1 amide bonds. The Labute approximate surface area is 126 Å². The molecule has 0 aromatic heterocycles. The second kappa shape index (κ2) is 7.48. The van der Waals surface area contributed by atoms with Crippen LogP contribution < -0.4 is 10.1 Å². The van der Waals surface area contributed by atoms with Gasteiger partial charge in [-0.05, 0) is 29.2 Å². The summed E-state index contributed by atoms with van der Waals surface area (Å²) in [7, 11) is 1.64. The number of carbonyl (C=O) groups excluding carboxylic acids is 1. The van der Waals surface area contributed by atoms with Crippen molar-refractivity contribution in [2.75, 3.05) is 7.11 Å². The van der Waals surface area contributed by atoms with Crippen LogP contribution in [0.2, 0.25) is 0 Å². The van der Waals surface area contributed by atoms with E-state index in [-0.39, 0.29) is 11.8 Å². The van der Waals surface area contributed by atoms with Crippen molar-refractivity contribution in [1.29, 1.82) is 0 Å². The average molecular weight is 283 g/mol. The first-order valence-electron chi connectivity index (χ1n) is 7.13. The van der Waals surface area contributed by atoms with E-state index < -0.39 is 0 Å². The quantitative estimate of drug-likeness (QED) is 0.881. The predicted octanol–water partition coefficient (Wildman–Crippen LogP) is 3.51. The zero-order valence-corrected chi connectivity index (χ0v) is 12.5. The van der Waals surface area contributed by atoms with Crippen LogP contribution in [-0.2, 0) is 11.3 Å². The first-order valence-corrected chi connectivity index (χ1v) is 7.13. The summed E-state index contributed by atoms with van der Waals surface area (Å²) in [5, 5.41) is 2.96. The highest BCUT2D eigenvalue weighted by molar-refractivity contribution is 5.76. The molecule has 1 atom stereocenters. The van der Waals surface area contributed by atoms with Crippen LogP contribution in [0.3, 0.4) is 0 Å². The highest BCUT2D eigenvalue weighted by Gasteiger charge is 2.10. The highest BCUT2D eigenvalue weighted by atomic mass is 16.5. The summed E-state index contributed by atoms with van der Waals surface area (Å²) in [5.41, 5.74) is 2.23. The molecule has 3 nitrogen and oxygen atoms in total. The summed E-state index contributed by atoms with van der Waals surface area (Å²) in [6, 6.07) is 17.8.